The average Bonchev–Trinajstić information content (AvgIpc) is 2.59. The monoisotopic (exact) mass is 281 g/mol. The third-order valence-corrected chi connectivity index (χ3v) is 2.75. The quantitative estimate of drug-likeness (QED) is 0.856. The highest BCUT2D eigenvalue weighted by Crippen LogP contribution is 2.21. The summed E-state index contributed by atoms with van der Waals surface area (Å²) < 4.78 is 3.28. The van der Waals surface area contributed by atoms with Crippen molar-refractivity contribution in [2.24, 2.45) is 0 Å². The number of halogens is 1. The van der Waals surface area contributed by atoms with Gasteiger partial charge in [-0.05, 0) is 24.4 Å². The molecule has 0 bridgehead atoms. The van der Waals surface area contributed by atoms with E-state index in [0.717, 1.165) is 15.9 Å². The predicted molar refractivity (Wildman–Crippen MR) is 66.9 cm³/mol. The Morgan fingerprint density at radius 2 is 2.33 bits per heavy atom. The Morgan fingerprint density at radius 3 is 3.00 bits per heavy atom. The van der Waals surface area contributed by atoms with Crippen molar-refractivity contribution in [1.29, 1.82) is 0 Å². The molecule has 0 amide bonds. The minimum Gasteiger partial charge on any atom is -0.276 e. The van der Waals surface area contributed by atoms with Crippen LogP contribution in [0.2, 0.25) is 0 Å². The average molecular weight is 282 g/mol. The van der Waals surface area contributed by atoms with Crippen LogP contribution in [0.4, 0.5) is 0 Å². The zero-order chi connectivity index (χ0) is 10.8. The maximum absolute atomic E-state index is 5.07. The molecule has 76 valence electrons. The van der Waals surface area contributed by atoms with E-state index in [2.05, 4.69) is 32.7 Å². The summed E-state index contributed by atoms with van der Waals surface area (Å²) in [6.45, 7) is 3.70. The third kappa shape index (κ3) is 1.93. The lowest BCUT2D eigenvalue weighted by Crippen LogP contribution is -1.90. The van der Waals surface area contributed by atoms with E-state index >= 15 is 0 Å². The van der Waals surface area contributed by atoms with Gasteiger partial charge in [-0.3, -0.25) is 9.67 Å². The van der Waals surface area contributed by atoms with E-state index in [1.807, 2.05) is 24.3 Å². The number of hydrogen-bond donors (Lipinski definition) is 1. The first-order valence-corrected chi connectivity index (χ1v) is 5.48. The van der Waals surface area contributed by atoms with Gasteiger partial charge in [0.15, 0.2) is 10.6 Å². The van der Waals surface area contributed by atoms with Crippen LogP contribution < -0.4 is 0 Å². The molecule has 0 aliphatic heterocycles. The van der Waals surface area contributed by atoms with Crippen molar-refractivity contribution >= 4 is 34.3 Å². The van der Waals surface area contributed by atoms with Crippen molar-refractivity contribution < 1.29 is 0 Å². The number of H-pyrrole nitrogens is 1. The number of aromatic amines is 1. The van der Waals surface area contributed by atoms with Crippen molar-refractivity contribution in [2.75, 3.05) is 0 Å². The molecule has 0 saturated carbocycles. The second kappa shape index (κ2) is 4.12. The molecule has 0 fully saturated rings. The highest BCUT2D eigenvalue weighted by atomic mass is 79.9. The molecule has 0 saturated heterocycles. The van der Waals surface area contributed by atoms with Crippen LogP contribution in [0.3, 0.4) is 0 Å². The molecule has 1 heterocycles. The van der Waals surface area contributed by atoms with Gasteiger partial charge in [-0.1, -0.05) is 34.6 Å². The van der Waals surface area contributed by atoms with E-state index in [4.69, 9.17) is 12.2 Å². The van der Waals surface area contributed by atoms with Crippen molar-refractivity contribution in [2.45, 2.75) is 0 Å². The van der Waals surface area contributed by atoms with Gasteiger partial charge in [-0.2, -0.15) is 5.10 Å². The molecule has 1 aromatic carbocycles. The molecule has 0 radical (unpaired) electrons. The van der Waals surface area contributed by atoms with E-state index in [1.165, 1.54) is 0 Å². The van der Waals surface area contributed by atoms with Gasteiger partial charge in [0.2, 0.25) is 0 Å². The molecule has 1 aromatic heterocycles. The summed E-state index contributed by atoms with van der Waals surface area (Å²) >= 11 is 8.48. The zero-order valence-corrected chi connectivity index (χ0v) is 10.2. The summed E-state index contributed by atoms with van der Waals surface area (Å²) in [4.78, 5) is 0. The van der Waals surface area contributed by atoms with Gasteiger partial charge in [0.1, 0.15) is 0 Å². The Morgan fingerprint density at radius 1 is 1.53 bits per heavy atom. The van der Waals surface area contributed by atoms with Crippen LogP contribution in [0.1, 0.15) is 0 Å². The smallest absolute Gasteiger partial charge is 0.199 e. The lowest BCUT2D eigenvalue weighted by molar-refractivity contribution is 1.07. The summed E-state index contributed by atoms with van der Waals surface area (Å²) in [5.74, 6) is 0.760. The van der Waals surface area contributed by atoms with Crippen molar-refractivity contribution in [1.82, 2.24) is 14.8 Å². The fraction of sp³-hybridized carbons (Fsp3) is 0. The van der Waals surface area contributed by atoms with Crippen LogP contribution in [0.5, 0.6) is 0 Å². The van der Waals surface area contributed by atoms with Gasteiger partial charge in [0.05, 0.1) is 0 Å². The minimum atomic E-state index is 0.542. The molecule has 0 aliphatic carbocycles. The van der Waals surface area contributed by atoms with Crippen LogP contribution in [0, 0.1) is 4.77 Å². The molecule has 1 N–H and O–H groups in total. The minimum absolute atomic E-state index is 0.542. The summed E-state index contributed by atoms with van der Waals surface area (Å²) in [5, 5.41) is 6.89. The first-order valence-electron chi connectivity index (χ1n) is 4.28. The third-order valence-electron chi connectivity index (χ3n) is 1.97. The number of nitrogens with zero attached hydrogens (tertiary/aromatic N) is 2. The maximum Gasteiger partial charge on any atom is 0.199 e. The first-order chi connectivity index (χ1) is 7.22. The van der Waals surface area contributed by atoms with Gasteiger partial charge in [-0.15, -0.1) is 0 Å². The molecular weight excluding hydrogens is 274 g/mol. The molecule has 0 aliphatic rings. The molecule has 0 unspecified atom stereocenters. The molecule has 3 nitrogen and oxygen atoms in total. The first kappa shape index (κ1) is 10.3. The van der Waals surface area contributed by atoms with E-state index in [9.17, 15) is 0 Å². The largest absolute Gasteiger partial charge is 0.276 e. The standard InChI is InChI=1S/C10H8BrN3S/c1-2-14-9(12-13-10(14)15)7-4-3-5-8(11)6-7/h2-6H,1H2,(H,13,15). The van der Waals surface area contributed by atoms with Crippen LogP contribution in [-0.4, -0.2) is 14.8 Å². The number of aromatic nitrogens is 3. The second-order valence-electron chi connectivity index (χ2n) is 2.92. The Bertz CT molecular complexity index is 556. The number of nitrogens with one attached hydrogen (secondary N) is 1. The maximum atomic E-state index is 5.07. The van der Waals surface area contributed by atoms with Crippen LogP contribution in [0.25, 0.3) is 17.6 Å². The fourth-order valence-electron chi connectivity index (χ4n) is 1.31. The van der Waals surface area contributed by atoms with Gasteiger partial charge in [-0.25, -0.2) is 0 Å². The van der Waals surface area contributed by atoms with Gasteiger partial charge in [0, 0.05) is 16.2 Å². The number of rotatable bonds is 2. The highest BCUT2D eigenvalue weighted by molar-refractivity contribution is 9.10. The second-order valence-corrected chi connectivity index (χ2v) is 4.22. The van der Waals surface area contributed by atoms with E-state index in [1.54, 1.807) is 10.8 Å². The van der Waals surface area contributed by atoms with Crippen LogP contribution in [0.15, 0.2) is 35.3 Å². The van der Waals surface area contributed by atoms with Crippen molar-refractivity contribution in [3.05, 3.63) is 40.1 Å². The molecule has 15 heavy (non-hydrogen) atoms. The van der Waals surface area contributed by atoms with Crippen molar-refractivity contribution in [3.63, 3.8) is 0 Å². The number of benzene rings is 1. The van der Waals surface area contributed by atoms with E-state index in [0.29, 0.717) is 4.77 Å². The normalized spacial score (nSPS) is 10.2. The lowest BCUT2D eigenvalue weighted by atomic mass is 10.2. The van der Waals surface area contributed by atoms with Crippen molar-refractivity contribution in [3.8, 4) is 11.4 Å². The van der Waals surface area contributed by atoms with E-state index in [-0.39, 0.29) is 0 Å². The number of hydrogen-bond acceptors (Lipinski definition) is 2. The Hall–Kier alpha value is -1.20. The van der Waals surface area contributed by atoms with Gasteiger partial charge in [0.25, 0.3) is 0 Å². The van der Waals surface area contributed by atoms with Gasteiger partial charge < -0.3 is 0 Å². The lowest BCUT2D eigenvalue weighted by Gasteiger charge is -2.00. The van der Waals surface area contributed by atoms with Crippen LogP contribution in [-0.2, 0) is 0 Å². The highest BCUT2D eigenvalue weighted by Gasteiger charge is 2.06. The molecular formula is C10H8BrN3S. The molecule has 5 heteroatoms. The molecule has 0 spiro atoms. The van der Waals surface area contributed by atoms with Gasteiger partial charge >= 0.3 is 0 Å². The Kier molecular flexibility index (Phi) is 2.83. The fourth-order valence-corrected chi connectivity index (χ4v) is 1.91. The SMILES string of the molecule is C=Cn1c(-c2cccc(Br)c2)n[nH]c1=S. The predicted octanol–water partition coefficient (Wildman–Crippen LogP) is 3.47. The summed E-state index contributed by atoms with van der Waals surface area (Å²) in [6.07, 6.45) is 1.64. The molecule has 0 atom stereocenters. The Labute approximate surface area is 101 Å². The Balaban J connectivity index is 2.63. The van der Waals surface area contributed by atoms with E-state index < -0.39 is 0 Å². The molecule has 2 rings (SSSR count). The van der Waals surface area contributed by atoms with Crippen LogP contribution >= 0.6 is 28.1 Å². The summed E-state index contributed by atoms with van der Waals surface area (Å²) in [6, 6.07) is 7.86. The summed E-state index contributed by atoms with van der Waals surface area (Å²) in [5.41, 5.74) is 0.983. The molecule has 2 aromatic rings. The topological polar surface area (TPSA) is 33.6 Å². The zero-order valence-electron chi connectivity index (χ0n) is 7.77. The summed E-state index contributed by atoms with van der Waals surface area (Å²) in [7, 11) is 0.